The quantitative estimate of drug-likeness (QED) is 0.517. The molecule has 2 amide bonds. The Bertz CT molecular complexity index is 997. The van der Waals surface area contributed by atoms with Gasteiger partial charge >= 0.3 is 0 Å². The Balaban J connectivity index is 1.63. The Labute approximate surface area is 183 Å². The predicted molar refractivity (Wildman–Crippen MR) is 125 cm³/mol. The third-order valence-corrected chi connectivity index (χ3v) is 4.72. The second-order valence-electron chi connectivity index (χ2n) is 7.65. The molecule has 3 rings (SSSR count). The van der Waals surface area contributed by atoms with Crippen molar-refractivity contribution in [1.29, 1.82) is 0 Å². The first-order valence-electron chi connectivity index (χ1n) is 10.5. The molecule has 31 heavy (non-hydrogen) atoms. The SMILES string of the molecule is CCN(C(=O)c1ccc(NC(=O)c2ccc(OCC(C)C)cc2)cc1)c1ccccc1. The summed E-state index contributed by atoms with van der Waals surface area (Å²) in [7, 11) is 0. The number of carbonyl (C=O) groups excluding carboxylic acids is 2. The summed E-state index contributed by atoms with van der Waals surface area (Å²) >= 11 is 0. The summed E-state index contributed by atoms with van der Waals surface area (Å²) in [6, 6.07) is 23.6. The van der Waals surface area contributed by atoms with Crippen LogP contribution in [0.1, 0.15) is 41.5 Å². The molecule has 3 aromatic carbocycles. The molecule has 0 atom stereocenters. The molecule has 3 aromatic rings. The summed E-state index contributed by atoms with van der Waals surface area (Å²) in [5.74, 6) is 0.888. The van der Waals surface area contributed by atoms with Crippen LogP contribution in [0.3, 0.4) is 0 Å². The Kier molecular flexibility index (Phi) is 7.44. The molecule has 5 nitrogen and oxygen atoms in total. The highest BCUT2D eigenvalue weighted by atomic mass is 16.5. The molecule has 0 aliphatic carbocycles. The van der Waals surface area contributed by atoms with Crippen molar-refractivity contribution in [3.63, 3.8) is 0 Å². The van der Waals surface area contributed by atoms with Crippen LogP contribution in [0.5, 0.6) is 5.75 Å². The molecule has 0 aliphatic heterocycles. The van der Waals surface area contributed by atoms with Gasteiger partial charge in [0.15, 0.2) is 0 Å². The van der Waals surface area contributed by atoms with E-state index in [9.17, 15) is 9.59 Å². The van der Waals surface area contributed by atoms with E-state index < -0.39 is 0 Å². The molecule has 0 saturated carbocycles. The number of anilines is 2. The molecule has 1 N–H and O–H groups in total. The number of benzene rings is 3. The van der Waals surface area contributed by atoms with Crippen LogP contribution < -0.4 is 15.0 Å². The number of ether oxygens (including phenoxy) is 1. The van der Waals surface area contributed by atoms with E-state index in [-0.39, 0.29) is 11.8 Å². The van der Waals surface area contributed by atoms with Gasteiger partial charge in [-0.1, -0.05) is 32.0 Å². The van der Waals surface area contributed by atoms with Crippen LogP contribution in [-0.4, -0.2) is 25.0 Å². The molecule has 0 aliphatic rings. The first-order chi connectivity index (χ1) is 15.0. The standard InChI is InChI=1S/C26H28N2O3/c1-4-28(23-8-6-5-7-9-23)26(30)21-10-14-22(15-11-21)27-25(29)20-12-16-24(17-13-20)31-18-19(2)3/h5-17,19H,4,18H2,1-3H3,(H,27,29). The van der Waals surface area contributed by atoms with E-state index in [0.29, 0.717) is 35.9 Å². The van der Waals surface area contributed by atoms with Crippen LogP contribution in [0.2, 0.25) is 0 Å². The van der Waals surface area contributed by atoms with E-state index in [1.807, 2.05) is 37.3 Å². The summed E-state index contributed by atoms with van der Waals surface area (Å²) in [6.45, 7) is 7.32. The molecule has 5 heteroatoms. The van der Waals surface area contributed by atoms with Gasteiger partial charge in [0.25, 0.3) is 11.8 Å². The average molecular weight is 417 g/mol. The minimum Gasteiger partial charge on any atom is -0.493 e. The summed E-state index contributed by atoms with van der Waals surface area (Å²) < 4.78 is 5.65. The third kappa shape index (κ3) is 5.95. The van der Waals surface area contributed by atoms with Gasteiger partial charge in [0, 0.05) is 29.0 Å². The normalized spacial score (nSPS) is 10.6. The van der Waals surface area contributed by atoms with Crippen LogP contribution in [0, 0.1) is 5.92 Å². The largest absolute Gasteiger partial charge is 0.493 e. The van der Waals surface area contributed by atoms with E-state index in [4.69, 9.17) is 4.74 Å². The highest BCUT2D eigenvalue weighted by Gasteiger charge is 2.16. The van der Waals surface area contributed by atoms with Gasteiger partial charge < -0.3 is 15.0 Å². The van der Waals surface area contributed by atoms with E-state index in [0.717, 1.165) is 11.4 Å². The van der Waals surface area contributed by atoms with Gasteiger partial charge in [-0.15, -0.1) is 0 Å². The van der Waals surface area contributed by atoms with Crippen LogP contribution in [0.25, 0.3) is 0 Å². The maximum absolute atomic E-state index is 12.9. The Hall–Kier alpha value is -3.60. The summed E-state index contributed by atoms with van der Waals surface area (Å²) in [5.41, 5.74) is 2.59. The topological polar surface area (TPSA) is 58.6 Å². The zero-order chi connectivity index (χ0) is 22.2. The lowest BCUT2D eigenvalue weighted by Gasteiger charge is -2.21. The fraction of sp³-hybridized carbons (Fsp3) is 0.231. The maximum Gasteiger partial charge on any atom is 0.258 e. The van der Waals surface area contributed by atoms with E-state index >= 15 is 0 Å². The van der Waals surface area contributed by atoms with Crippen molar-refractivity contribution in [2.75, 3.05) is 23.4 Å². The molecular formula is C26H28N2O3. The minimum absolute atomic E-state index is 0.0800. The number of nitrogens with one attached hydrogen (secondary N) is 1. The molecule has 0 saturated heterocycles. The summed E-state index contributed by atoms with van der Waals surface area (Å²) in [6.07, 6.45) is 0. The molecule has 0 spiro atoms. The highest BCUT2D eigenvalue weighted by molar-refractivity contribution is 6.07. The third-order valence-electron chi connectivity index (χ3n) is 4.72. The fourth-order valence-electron chi connectivity index (χ4n) is 3.07. The van der Waals surface area contributed by atoms with Gasteiger partial charge in [-0.05, 0) is 73.5 Å². The Morgan fingerprint density at radius 2 is 1.48 bits per heavy atom. The smallest absolute Gasteiger partial charge is 0.258 e. The number of nitrogens with zero attached hydrogens (tertiary/aromatic N) is 1. The summed E-state index contributed by atoms with van der Waals surface area (Å²) in [5, 5.41) is 2.86. The van der Waals surface area contributed by atoms with Gasteiger partial charge in [0.2, 0.25) is 0 Å². The van der Waals surface area contributed by atoms with Gasteiger partial charge in [-0.25, -0.2) is 0 Å². The second-order valence-corrected chi connectivity index (χ2v) is 7.65. The van der Waals surface area contributed by atoms with Crippen molar-refractivity contribution >= 4 is 23.2 Å². The molecule has 0 aromatic heterocycles. The average Bonchev–Trinajstić information content (AvgIpc) is 2.79. The molecule has 0 radical (unpaired) electrons. The lowest BCUT2D eigenvalue weighted by Crippen LogP contribution is -2.30. The van der Waals surface area contributed by atoms with Gasteiger partial charge in [0.05, 0.1) is 6.61 Å². The number of amides is 2. The number of hydrogen-bond acceptors (Lipinski definition) is 3. The van der Waals surface area contributed by atoms with Crippen LogP contribution in [0.15, 0.2) is 78.9 Å². The molecule has 0 heterocycles. The van der Waals surface area contributed by atoms with Gasteiger partial charge in [-0.2, -0.15) is 0 Å². The van der Waals surface area contributed by atoms with Crippen molar-refractivity contribution in [1.82, 2.24) is 0 Å². The lowest BCUT2D eigenvalue weighted by atomic mass is 10.1. The second kappa shape index (κ2) is 10.4. The molecule has 160 valence electrons. The Morgan fingerprint density at radius 1 is 0.871 bits per heavy atom. The van der Waals surface area contributed by atoms with E-state index in [2.05, 4.69) is 19.2 Å². The lowest BCUT2D eigenvalue weighted by molar-refractivity contribution is 0.0987. The first kappa shape index (κ1) is 22.1. The first-order valence-corrected chi connectivity index (χ1v) is 10.5. The van der Waals surface area contributed by atoms with Gasteiger partial charge in [0.1, 0.15) is 5.75 Å². The van der Waals surface area contributed by atoms with Crippen molar-refractivity contribution in [2.45, 2.75) is 20.8 Å². The number of hydrogen-bond donors (Lipinski definition) is 1. The molecular weight excluding hydrogens is 388 g/mol. The molecule has 0 bridgehead atoms. The van der Waals surface area contributed by atoms with Gasteiger partial charge in [-0.3, -0.25) is 9.59 Å². The zero-order valence-corrected chi connectivity index (χ0v) is 18.2. The van der Waals surface area contributed by atoms with Crippen molar-refractivity contribution in [3.8, 4) is 5.75 Å². The zero-order valence-electron chi connectivity index (χ0n) is 18.2. The number of rotatable bonds is 8. The fourth-order valence-corrected chi connectivity index (χ4v) is 3.07. The van der Waals surface area contributed by atoms with E-state index in [1.54, 1.807) is 53.4 Å². The molecule has 0 fully saturated rings. The monoisotopic (exact) mass is 416 g/mol. The van der Waals surface area contributed by atoms with E-state index in [1.165, 1.54) is 0 Å². The van der Waals surface area contributed by atoms with Crippen LogP contribution in [-0.2, 0) is 0 Å². The Morgan fingerprint density at radius 3 is 2.06 bits per heavy atom. The van der Waals surface area contributed by atoms with Crippen molar-refractivity contribution in [2.24, 2.45) is 5.92 Å². The van der Waals surface area contributed by atoms with Crippen molar-refractivity contribution < 1.29 is 14.3 Å². The molecule has 0 unspecified atom stereocenters. The van der Waals surface area contributed by atoms with Crippen molar-refractivity contribution in [3.05, 3.63) is 90.0 Å². The van der Waals surface area contributed by atoms with Crippen LogP contribution in [0.4, 0.5) is 11.4 Å². The minimum atomic E-state index is -0.214. The number of carbonyl (C=O) groups is 2. The summed E-state index contributed by atoms with van der Waals surface area (Å²) in [4.78, 5) is 27.1. The number of para-hydroxylation sites is 1. The predicted octanol–water partition coefficient (Wildman–Crippen LogP) is 5.64. The maximum atomic E-state index is 12.9. The van der Waals surface area contributed by atoms with Crippen LogP contribution >= 0.6 is 0 Å². The highest BCUT2D eigenvalue weighted by Crippen LogP contribution is 2.19.